The van der Waals surface area contributed by atoms with Crippen LogP contribution in [0.4, 0.5) is 0 Å². The first-order valence-corrected chi connectivity index (χ1v) is 3.53. The molecule has 0 aliphatic carbocycles. The van der Waals surface area contributed by atoms with E-state index in [1.54, 1.807) is 0 Å². The van der Waals surface area contributed by atoms with E-state index in [0.29, 0.717) is 6.54 Å². The third-order valence-electron chi connectivity index (χ3n) is 1.64. The number of hydrogen-bond acceptors (Lipinski definition) is 2. The van der Waals surface area contributed by atoms with Gasteiger partial charge in [0.2, 0.25) is 5.91 Å². The molecular weight excluding hydrogens is 128 g/mol. The smallest absolute Gasteiger partial charge is 0.235 e. The molecule has 0 aromatic rings. The van der Waals surface area contributed by atoms with Crippen molar-refractivity contribution in [2.45, 2.75) is 26.9 Å². The van der Waals surface area contributed by atoms with E-state index in [-0.39, 0.29) is 17.5 Å². The minimum absolute atomic E-state index is 0.0972. The summed E-state index contributed by atoms with van der Waals surface area (Å²) < 4.78 is 0. The average Bonchev–Trinajstić information content (AvgIpc) is 2.11. The van der Waals surface area contributed by atoms with E-state index in [1.165, 1.54) is 0 Å². The van der Waals surface area contributed by atoms with Crippen LogP contribution in [0.2, 0.25) is 0 Å². The van der Waals surface area contributed by atoms with Crippen LogP contribution in [0, 0.1) is 5.41 Å². The number of amides is 1. The van der Waals surface area contributed by atoms with Gasteiger partial charge in [0.1, 0.15) is 0 Å². The molecule has 1 fully saturated rings. The summed E-state index contributed by atoms with van der Waals surface area (Å²) in [5.74, 6) is 0.0972. The summed E-state index contributed by atoms with van der Waals surface area (Å²) in [5.41, 5.74) is 0.117. The average molecular weight is 142 g/mol. The Morgan fingerprint density at radius 2 is 2.10 bits per heavy atom. The Morgan fingerprint density at radius 3 is 2.30 bits per heavy atom. The normalized spacial score (nSPS) is 26.7. The Bertz CT molecular complexity index is 148. The standard InChI is InChI=1S/C7H14N2O/c1-7(2,3)6-8-4-5(10)9-6/h6,8H,4H2,1-3H3,(H,9,10)/t6-/m1/s1. The van der Waals surface area contributed by atoms with Gasteiger partial charge in [-0.15, -0.1) is 0 Å². The third-order valence-corrected chi connectivity index (χ3v) is 1.64. The zero-order valence-corrected chi connectivity index (χ0v) is 6.69. The molecule has 2 N–H and O–H groups in total. The summed E-state index contributed by atoms with van der Waals surface area (Å²) in [5, 5.41) is 5.93. The lowest BCUT2D eigenvalue weighted by molar-refractivity contribution is -0.118. The first-order valence-electron chi connectivity index (χ1n) is 3.53. The van der Waals surface area contributed by atoms with E-state index in [9.17, 15) is 4.79 Å². The molecule has 0 bridgehead atoms. The highest BCUT2D eigenvalue weighted by Crippen LogP contribution is 2.18. The molecular formula is C7H14N2O. The van der Waals surface area contributed by atoms with Gasteiger partial charge in [0, 0.05) is 0 Å². The van der Waals surface area contributed by atoms with Gasteiger partial charge >= 0.3 is 0 Å². The van der Waals surface area contributed by atoms with Crippen LogP contribution in [0.5, 0.6) is 0 Å². The van der Waals surface area contributed by atoms with Crippen molar-refractivity contribution in [2.75, 3.05) is 6.54 Å². The molecule has 0 aromatic heterocycles. The van der Waals surface area contributed by atoms with E-state index < -0.39 is 0 Å². The van der Waals surface area contributed by atoms with Gasteiger partial charge in [-0.2, -0.15) is 0 Å². The van der Waals surface area contributed by atoms with E-state index in [1.807, 2.05) is 0 Å². The number of carbonyl (C=O) groups is 1. The molecule has 1 saturated heterocycles. The highest BCUT2D eigenvalue weighted by atomic mass is 16.2. The van der Waals surface area contributed by atoms with Gasteiger partial charge in [0.05, 0.1) is 12.7 Å². The second-order valence-corrected chi connectivity index (χ2v) is 3.75. The van der Waals surface area contributed by atoms with Crippen LogP contribution < -0.4 is 10.6 Å². The van der Waals surface area contributed by atoms with Gasteiger partial charge in [-0.1, -0.05) is 20.8 Å². The van der Waals surface area contributed by atoms with Gasteiger partial charge < -0.3 is 5.32 Å². The third kappa shape index (κ3) is 1.48. The van der Waals surface area contributed by atoms with Gasteiger partial charge in [0.15, 0.2) is 0 Å². The van der Waals surface area contributed by atoms with Gasteiger partial charge in [0.25, 0.3) is 0 Å². The Morgan fingerprint density at radius 1 is 1.50 bits per heavy atom. The lowest BCUT2D eigenvalue weighted by Gasteiger charge is -2.26. The number of rotatable bonds is 0. The molecule has 58 valence electrons. The summed E-state index contributed by atoms with van der Waals surface area (Å²) in [6, 6.07) is 0. The summed E-state index contributed by atoms with van der Waals surface area (Å²) >= 11 is 0. The molecule has 1 amide bonds. The molecule has 3 heteroatoms. The molecule has 3 nitrogen and oxygen atoms in total. The SMILES string of the molecule is CC(C)(C)[C@@H]1NCC(=O)N1. The van der Waals surface area contributed by atoms with Crippen molar-refractivity contribution >= 4 is 5.91 Å². The number of nitrogens with one attached hydrogen (secondary N) is 2. The fraction of sp³-hybridized carbons (Fsp3) is 0.857. The molecule has 1 rings (SSSR count). The Hall–Kier alpha value is -0.570. The predicted octanol–water partition coefficient (Wildman–Crippen LogP) is 0.0780. The van der Waals surface area contributed by atoms with Crippen LogP contribution in [0.1, 0.15) is 20.8 Å². The van der Waals surface area contributed by atoms with Crippen molar-refractivity contribution in [1.82, 2.24) is 10.6 Å². The van der Waals surface area contributed by atoms with Crippen molar-refractivity contribution < 1.29 is 4.79 Å². The zero-order valence-electron chi connectivity index (χ0n) is 6.69. The Labute approximate surface area is 61.2 Å². The molecule has 1 heterocycles. The van der Waals surface area contributed by atoms with Crippen molar-refractivity contribution in [3.05, 3.63) is 0 Å². The molecule has 0 saturated carbocycles. The minimum Gasteiger partial charge on any atom is -0.339 e. The molecule has 0 spiro atoms. The van der Waals surface area contributed by atoms with Gasteiger partial charge in [-0.3, -0.25) is 10.1 Å². The maximum absolute atomic E-state index is 10.7. The maximum Gasteiger partial charge on any atom is 0.235 e. The van der Waals surface area contributed by atoms with E-state index >= 15 is 0 Å². The van der Waals surface area contributed by atoms with Crippen molar-refractivity contribution in [2.24, 2.45) is 5.41 Å². The Balaban J connectivity index is 2.53. The van der Waals surface area contributed by atoms with Crippen molar-refractivity contribution in [3.63, 3.8) is 0 Å². The van der Waals surface area contributed by atoms with Crippen LogP contribution in [-0.2, 0) is 4.79 Å². The van der Waals surface area contributed by atoms with Crippen molar-refractivity contribution in [3.8, 4) is 0 Å². The van der Waals surface area contributed by atoms with E-state index in [0.717, 1.165) is 0 Å². The maximum atomic E-state index is 10.7. The molecule has 1 atom stereocenters. The summed E-state index contributed by atoms with van der Waals surface area (Å²) in [4.78, 5) is 10.7. The van der Waals surface area contributed by atoms with Crippen LogP contribution >= 0.6 is 0 Å². The zero-order chi connectivity index (χ0) is 7.78. The largest absolute Gasteiger partial charge is 0.339 e. The summed E-state index contributed by atoms with van der Waals surface area (Å²) in [7, 11) is 0. The fourth-order valence-electron chi connectivity index (χ4n) is 0.981. The quantitative estimate of drug-likeness (QED) is 0.503. The fourth-order valence-corrected chi connectivity index (χ4v) is 0.981. The first-order chi connectivity index (χ1) is 4.50. The molecule has 0 aromatic carbocycles. The molecule has 0 radical (unpaired) electrons. The number of hydrogen-bond donors (Lipinski definition) is 2. The second kappa shape index (κ2) is 2.23. The molecule has 0 unspecified atom stereocenters. The van der Waals surface area contributed by atoms with E-state index in [2.05, 4.69) is 31.4 Å². The highest BCUT2D eigenvalue weighted by molar-refractivity contribution is 5.80. The minimum atomic E-state index is 0.0972. The van der Waals surface area contributed by atoms with Gasteiger partial charge in [-0.05, 0) is 5.41 Å². The topological polar surface area (TPSA) is 41.1 Å². The lowest BCUT2D eigenvalue weighted by Crippen LogP contribution is -2.43. The lowest BCUT2D eigenvalue weighted by atomic mass is 9.93. The molecule has 1 aliphatic rings. The van der Waals surface area contributed by atoms with Gasteiger partial charge in [-0.25, -0.2) is 0 Å². The first kappa shape index (κ1) is 7.54. The predicted molar refractivity (Wildman–Crippen MR) is 39.4 cm³/mol. The second-order valence-electron chi connectivity index (χ2n) is 3.75. The molecule has 10 heavy (non-hydrogen) atoms. The highest BCUT2D eigenvalue weighted by Gasteiger charge is 2.30. The summed E-state index contributed by atoms with van der Waals surface area (Å²) in [6.07, 6.45) is 0.139. The van der Waals surface area contributed by atoms with Crippen LogP contribution in [-0.4, -0.2) is 18.6 Å². The summed E-state index contributed by atoms with van der Waals surface area (Å²) in [6.45, 7) is 6.74. The van der Waals surface area contributed by atoms with E-state index in [4.69, 9.17) is 0 Å². The van der Waals surface area contributed by atoms with Crippen molar-refractivity contribution in [1.29, 1.82) is 0 Å². The van der Waals surface area contributed by atoms with Crippen LogP contribution in [0.15, 0.2) is 0 Å². The molecule has 1 aliphatic heterocycles. The van der Waals surface area contributed by atoms with Crippen LogP contribution in [0.3, 0.4) is 0 Å². The number of carbonyl (C=O) groups excluding carboxylic acids is 1. The van der Waals surface area contributed by atoms with Crippen LogP contribution in [0.25, 0.3) is 0 Å². The Kier molecular flexibility index (Phi) is 1.68. The monoisotopic (exact) mass is 142 g/mol.